The van der Waals surface area contributed by atoms with Crippen molar-refractivity contribution in [2.45, 2.75) is 33.2 Å². The van der Waals surface area contributed by atoms with E-state index in [-0.39, 0.29) is 18.2 Å². The van der Waals surface area contributed by atoms with Crippen LogP contribution < -0.4 is 15.5 Å². The lowest BCUT2D eigenvalue weighted by Crippen LogP contribution is -2.52. The van der Waals surface area contributed by atoms with Crippen molar-refractivity contribution < 1.29 is 14.4 Å². The van der Waals surface area contributed by atoms with Crippen molar-refractivity contribution in [3.8, 4) is 0 Å². The Morgan fingerprint density at radius 3 is 2.44 bits per heavy atom. The number of rotatable bonds is 5. The molecule has 0 saturated heterocycles. The quantitative estimate of drug-likeness (QED) is 0.533. The fourth-order valence-electron chi connectivity index (χ4n) is 3.88. The normalized spacial score (nSPS) is 15.1. The zero-order valence-corrected chi connectivity index (χ0v) is 19.5. The van der Waals surface area contributed by atoms with Gasteiger partial charge < -0.3 is 10.6 Å². The minimum Gasteiger partial charge on any atom is -0.326 e. The summed E-state index contributed by atoms with van der Waals surface area (Å²) in [4.78, 5) is 40.5. The maximum atomic E-state index is 13.3. The molecule has 0 aliphatic carbocycles. The summed E-state index contributed by atoms with van der Waals surface area (Å²) in [5.41, 5.74) is 5.93. The Hall–Kier alpha value is -4.19. The summed E-state index contributed by atoms with van der Waals surface area (Å²) in [5, 5.41) is 5.67. The summed E-state index contributed by atoms with van der Waals surface area (Å²) < 4.78 is 0. The van der Waals surface area contributed by atoms with Gasteiger partial charge in [-0.3, -0.25) is 19.3 Å². The highest BCUT2D eigenvalue weighted by molar-refractivity contribution is 6.16. The van der Waals surface area contributed by atoms with Gasteiger partial charge in [0.1, 0.15) is 6.04 Å². The molecule has 3 amide bonds. The van der Waals surface area contributed by atoms with E-state index in [1.54, 1.807) is 30.3 Å². The maximum Gasteiger partial charge on any atom is 0.251 e. The van der Waals surface area contributed by atoms with Crippen LogP contribution >= 0.6 is 0 Å². The molecule has 0 bridgehead atoms. The molecule has 172 valence electrons. The maximum absolute atomic E-state index is 13.3. The van der Waals surface area contributed by atoms with Gasteiger partial charge in [0.05, 0.1) is 17.8 Å². The van der Waals surface area contributed by atoms with Gasteiger partial charge in [-0.05, 0) is 67.8 Å². The summed E-state index contributed by atoms with van der Waals surface area (Å²) in [5.74, 6) is -1.11. The Bertz CT molecular complexity index is 1280. The second-order valence-corrected chi connectivity index (χ2v) is 8.53. The molecule has 6 heteroatoms. The highest BCUT2D eigenvalue weighted by atomic mass is 16.2. The molecule has 0 unspecified atom stereocenters. The molecule has 3 aromatic rings. The highest BCUT2D eigenvalue weighted by Crippen LogP contribution is 2.33. The van der Waals surface area contributed by atoms with Crippen molar-refractivity contribution in [2.24, 2.45) is 0 Å². The predicted octanol–water partition coefficient (Wildman–Crippen LogP) is 5.01. The minimum absolute atomic E-state index is 0.169. The van der Waals surface area contributed by atoms with Crippen molar-refractivity contribution in [3.63, 3.8) is 0 Å². The number of hydrogen-bond acceptors (Lipinski definition) is 3. The zero-order chi connectivity index (χ0) is 24.2. The van der Waals surface area contributed by atoms with Gasteiger partial charge in [-0.2, -0.15) is 0 Å². The highest BCUT2D eigenvalue weighted by Gasteiger charge is 2.37. The summed E-state index contributed by atoms with van der Waals surface area (Å²) in [6.07, 6.45) is 2.98. The van der Waals surface area contributed by atoms with Gasteiger partial charge in [-0.25, -0.2) is 0 Å². The number of aryl methyl sites for hydroxylation is 3. The van der Waals surface area contributed by atoms with Crippen LogP contribution in [-0.4, -0.2) is 23.8 Å². The first kappa shape index (κ1) is 23.0. The van der Waals surface area contributed by atoms with E-state index in [9.17, 15) is 14.4 Å². The van der Waals surface area contributed by atoms with E-state index in [1.165, 1.54) is 11.0 Å². The van der Waals surface area contributed by atoms with E-state index in [2.05, 4.69) is 10.6 Å². The number of nitrogens with zero attached hydrogens (tertiary/aromatic N) is 1. The molecule has 0 radical (unpaired) electrons. The van der Waals surface area contributed by atoms with Gasteiger partial charge in [-0.15, -0.1) is 0 Å². The number of amides is 3. The first-order chi connectivity index (χ1) is 16.3. The minimum atomic E-state index is -0.975. The van der Waals surface area contributed by atoms with Crippen LogP contribution in [0.1, 0.15) is 28.7 Å². The Labute approximate surface area is 199 Å². The van der Waals surface area contributed by atoms with Crippen LogP contribution in [0, 0.1) is 20.8 Å². The van der Waals surface area contributed by atoms with Crippen molar-refractivity contribution in [1.82, 2.24) is 0 Å². The van der Waals surface area contributed by atoms with E-state index in [0.29, 0.717) is 17.1 Å². The third-order valence-electron chi connectivity index (χ3n) is 5.94. The number of anilines is 3. The van der Waals surface area contributed by atoms with Gasteiger partial charge in [0.25, 0.3) is 5.91 Å². The zero-order valence-electron chi connectivity index (χ0n) is 19.5. The average Bonchev–Trinajstić information content (AvgIpc) is 2.81. The first-order valence-electron chi connectivity index (χ1n) is 11.2. The van der Waals surface area contributed by atoms with Crippen molar-refractivity contribution in [3.05, 3.63) is 95.1 Å². The average molecular weight is 454 g/mol. The van der Waals surface area contributed by atoms with Crippen LogP contribution in [0.5, 0.6) is 0 Å². The van der Waals surface area contributed by atoms with Crippen LogP contribution in [0.15, 0.2) is 72.8 Å². The van der Waals surface area contributed by atoms with Crippen LogP contribution in [-0.2, 0) is 14.4 Å². The lowest BCUT2D eigenvalue weighted by molar-refractivity contribution is -0.124. The Morgan fingerprint density at radius 2 is 1.71 bits per heavy atom. The smallest absolute Gasteiger partial charge is 0.251 e. The standard InChI is InChI=1S/C28H27N3O3/c1-18-8-11-21(12-9-18)13-15-27(33)31-24-7-5-4-6-23(24)30-28(34)25(31)17-26(32)29-22-14-10-19(2)20(3)16-22/h4-16,25H,17H2,1-3H3,(H,29,32)(H,30,34)/b15-13+/t25-/m1/s1. The topological polar surface area (TPSA) is 78.5 Å². The fraction of sp³-hybridized carbons (Fsp3) is 0.179. The molecular weight excluding hydrogens is 426 g/mol. The summed E-state index contributed by atoms with van der Waals surface area (Å²) in [6.45, 7) is 5.96. The molecule has 6 nitrogen and oxygen atoms in total. The number of carbonyl (C=O) groups excluding carboxylic acids is 3. The molecule has 4 rings (SSSR count). The van der Waals surface area contributed by atoms with Crippen molar-refractivity contribution in [2.75, 3.05) is 15.5 Å². The van der Waals surface area contributed by atoms with Gasteiger partial charge in [-0.1, -0.05) is 48.0 Å². The van der Waals surface area contributed by atoms with Crippen LogP contribution in [0.4, 0.5) is 17.1 Å². The number of para-hydroxylation sites is 2. The predicted molar refractivity (Wildman–Crippen MR) is 136 cm³/mol. The third kappa shape index (κ3) is 5.07. The van der Waals surface area contributed by atoms with Gasteiger partial charge >= 0.3 is 0 Å². The van der Waals surface area contributed by atoms with E-state index in [0.717, 1.165) is 22.3 Å². The molecule has 1 aliphatic heterocycles. The molecule has 0 saturated carbocycles. The fourth-order valence-corrected chi connectivity index (χ4v) is 3.88. The summed E-state index contributed by atoms with van der Waals surface area (Å²) in [7, 11) is 0. The Kier molecular flexibility index (Phi) is 6.59. The van der Waals surface area contributed by atoms with E-state index >= 15 is 0 Å². The van der Waals surface area contributed by atoms with Crippen molar-refractivity contribution >= 4 is 40.9 Å². The monoisotopic (exact) mass is 453 g/mol. The van der Waals surface area contributed by atoms with Crippen LogP contribution in [0.25, 0.3) is 6.08 Å². The molecule has 0 fully saturated rings. The molecule has 1 atom stereocenters. The van der Waals surface area contributed by atoms with E-state index in [4.69, 9.17) is 0 Å². The second-order valence-electron chi connectivity index (χ2n) is 8.53. The third-order valence-corrected chi connectivity index (χ3v) is 5.94. The molecule has 1 heterocycles. The molecule has 2 N–H and O–H groups in total. The van der Waals surface area contributed by atoms with Gasteiger partial charge in [0.2, 0.25) is 11.8 Å². The second kappa shape index (κ2) is 9.75. The molecule has 3 aromatic carbocycles. The van der Waals surface area contributed by atoms with Crippen molar-refractivity contribution in [1.29, 1.82) is 0 Å². The molecule has 0 aromatic heterocycles. The first-order valence-corrected chi connectivity index (χ1v) is 11.2. The lowest BCUT2D eigenvalue weighted by Gasteiger charge is -2.35. The molecule has 1 aliphatic rings. The number of fused-ring (bicyclic) bond motifs is 1. The largest absolute Gasteiger partial charge is 0.326 e. The number of hydrogen-bond donors (Lipinski definition) is 2. The molecule has 0 spiro atoms. The van der Waals surface area contributed by atoms with Gasteiger partial charge in [0.15, 0.2) is 0 Å². The van der Waals surface area contributed by atoms with E-state index < -0.39 is 11.9 Å². The summed E-state index contributed by atoms with van der Waals surface area (Å²) >= 11 is 0. The Morgan fingerprint density at radius 1 is 0.971 bits per heavy atom. The number of nitrogens with one attached hydrogen (secondary N) is 2. The molecule has 34 heavy (non-hydrogen) atoms. The van der Waals surface area contributed by atoms with Gasteiger partial charge in [0, 0.05) is 11.8 Å². The number of carbonyl (C=O) groups is 3. The molecular formula is C28H27N3O3. The van der Waals surface area contributed by atoms with Crippen LogP contribution in [0.2, 0.25) is 0 Å². The number of benzene rings is 3. The van der Waals surface area contributed by atoms with E-state index in [1.807, 2.05) is 63.2 Å². The van der Waals surface area contributed by atoms with Crippen LogP contribution in [0.3, 0.4) is 0 Å². The Balaban J connectivity index is 1.59. The lowest BCUT2D eigenvalue weighted by atomic mass is 10.0. The summed E-state index contributed by atoms with van der Waals surface area (Å²) in [6, 6.07) is 19.5. The SMILES string of the molecule is Cc1ccc(/C=C/C(=O)N2c3ccccc3NC(=O)[C@H]2CC(=O)Nc2ccc(C)c(C)c2)cc1.